The normalized spacial score (nSPS) is 11.0. The molecule has 130 valence electrons. The number of fused-ring (bicyclic) bond motifs is 1. The average Bonchev–Trinajstić information content (AvgIpc) is 3.27. The summed E-state index contributed by atoms with van der Waals surface area (Å²) in [6, 6.07) is 9.78. The van der Waals surface area contributed by atoms with Gasteiger partial charge in [0.25, 0.3) is 5.91 Å². The first kappa shape index (κ1) is 16.5. The highest BCUT2D eigenvalue weighted by Crippen LogP contribution is 2.35. The van der Waals surface area contributed by atoms with Crippen molar-refractivity contribution >= 4 is 27.5 Å². The first-order chi connectivity index (χ1) is 12.6. The van der Waals surface area contributed by atoms with E-state index in [1.54, 1.807) is 12.4 Å². The molecule has 0 unspecified atom stereocenters. The first-order valence-electron chi connectivity index (χ1n) is 8.34. The van der Waals surface area contributed by atoms with Crippen molar-refractivity contribution in [2.24, 2.45) is 0 Å². The Bertz CT molecular complexity index is 1070. The molecule has 0 aromatic carbocycles. The van der Waals surface area contributed by atoms with Crippen LogP contribution in [0.3, 0.4) is 0 Å². The molecule has 0 radical (unpaired) electrons. The summed E-state index contributed by atoms with van der Waals surface area (Å²) in [7, 11) is 0. The minimum Gasteiger partial charge on any atom is -0.347 e. The van der Waals surface area contributed by atoms with E-state index < -0.39 is 0 Å². The van der Waals surface area contributed by atoms with Gasteiger partial charge in [-0.15, -0.1) is 11.3 Å². The summed E-state index contributed by atoms with van der Waals surface area (Å²) in [4.78, 5) is 23.2. The van der Waals surface area contributed by atoms with Gasteiger partial charge in [0.05, 0.1) is 5.69 Å². The largest absolute Gasteiger partial charge is 0.347 e. The number of thiophene rings is 1. The van der Waals surface area contributed by atoms with Gasteiger partial charge in [-0.3, -0.25) is 9.78 Å². The summed E-state index contributed by atoms with van der Waals surface area (Å²) < 4.78 is 1.99. The van der Waals surface area contributed by atoms with Gasteiger partial charge in [-0.05, 0) is 49.2 Å². The molecule has 4 aromatic rings. The van der Waals surface area contributed by atoms with Crippen LogP contribution in [-0.2, 0) is 6.54 Å². The van der Waals surface area contributed by atoms with Gasteiger partial charge >= 0.3 is 0 Å². The van der Waals surface area contributed by atoms with Gasteiger partial charge in [0.15, 0.2) is 0 Å². The molecule has 6 heteroatoms. The summed E-state index contributed by atoms with van der Waals surface area (Å²) >= 11 is 1.43. The molecule has 5 nitrogen and oxygen atoms in total. The number of aromatic nitrogens is 3. The average molecular weight is 362 g/mol. The van der Waals surface area contributed by atoms with Crippen LogP contribution in [0.5, 0.6) is 0 Å². The summed E-state index contributed by atoms with van der Waals surface area (Å²) in [5, 5.41) is 4.03. The van der Waals surface area contributed by atoms with Crippen molar-refractivity contribution in [2.45, 2.75) is 20.4 Å². The number of hydrogen-bond acceptors (Lipinski definition) is 4. The monoisotopic (exact) mass is 362 g/mol. The highest BCUT2D eigenvalue weighted by molar-refractivity contribution is 7.21. The van der Waals surface area contributed by atoms with Crippen molar-refractivity contribution in [1.29, 1.82) is 0 Å². The number of carbonyl (C=O) groups is 1. The van der Waals surface area contributed by atoms with E-state index >= 15 is 0 Å². The maximum Gasteiger partial charge on any atom is 0.263 e. The van der Waals surface area contributed by atoms with Crippen molar-refractivity contribution in [1.82, 2.24) is 19.9 Å². The number of rotatable bonds is 4. The molecule has 0 saturated carbocycles. The maximum absolute atomic E-state index is 12.9. The smallest absolute Gasteiger partial charge is 0.263 e. The third kappa shape index (κ3) is 2.99. The Labute approximate surface area is 155 Å². The molecule has 0 spiro atoms. The van der Waals surface area contributed by atoms with Crippen LogP contribution in [0.25, 0.3) is 15.9 Å². The summed E-state index contributed by atoms with van der Waals surface area (Å²) in [5.74, 6) is -0.0994. The molecule has 0 saturated heterocycles. The van der Waals surface area contributed by atoms with Crippen molar-refractivity contribution in [3.8, 4) is 5.69 Å². The molecule has 0 fully saturated rings. The van der Waals surface area contributed by atoms with E-state index in [2.05, 4.69) is 28.3 Å². The van der Waals surface area contributed by atoms with Gasteiger partial charge < -0.3 is 9.88 Å². The van der Waals surface area contributed by atoms with Crippen LogP contribution in [0.1, 0.15) is 26.5 Å². The fourth-order valence-corrected chi connectivity index (χ4v) is 4.28. The summed E-state index contributed by atoms with van der Waals surface area (Å²) in [5.41, 5.74) is 3.94. The highest BCUT2D eigenvalue weighted by Gasteiger charge is 2.22. The van der Waals surface area contributed by atoms with Gasteiger partial charge in [0, 0.05) is 42.4 Å². The lowest BCUT2D eigenvalue weighted by Gasteiger charge is -2.08. The molecular formula is C20H18N4OS. The fraction of sp³-hybridized carbons (Fsp3) is 0.150. The first-order valence-corrected chi connectivity index (χ1v) is 9.16. The Kier molecular flexibility index (Phi) is 4.26. The molecule has 4 aromatic heterocycles. The lowest BCUT2D eigenvalue weighted by Crippen LogP contribution is -2.23. The Morgan fingerprint density at radius 3 is 2.77 bits per heavy atom. The Balaban J connectivity index is 1.77. The van der Waals surface area contributed by atoms with Gasteiger partial charge in [-0.25, -0.2) is 4.98 Å². The van der Waals surface area contributed by atoms with Crippen molar-refractivity contribution in [3.63, 3.8) is 0 Å². The molecule has 1 amide bonds. The summed E-state index contributed by atoms with van der Waals surface area (Å²) in [6.45, 7) is 4.48. The molecule has 0 aliphatic rings. The Hall–Kier alpha value is -2.99. The molecule has 4 heterocycles. The summed E-state index contributed by atoms with van der Waals surface area (Å²) in [6.07, 6.45) is 7.39. The molecule has 0 aliphatic carbocycles. The number of nitrogens with one attached hydrogen (secondary N) is 1. The lowest BCUT2D eigenvalue weighted by atomic mass is 10.1. The number of hydrogen-bond donors (Lipinski definition) is 1. The molecule has 0 atom stereocenters. The van der Waals surface area contributed by atoms with Crippen LogP contribution in [0.15, 0.2) is 55.1 Å². The highest BCUT2D eigenvalue weighted by atomic mass is 32.1. The van der Waals surface area contributed by atoms with Crippen LogP contribution in [0, 0.1) is 13.8 Å². The second-order valence-electron chi connectivity index (χ2n) is 6.17. The topological polar surface area (TPSA) is 59.8 Å². The quantitative estimate of drug-likeness (QED) is 0.596. The van der Waals surface area contributed by atoms with Crippen LogP contribution in [0.4, 0.5) is 0 Å². The molecule has 0 aliphatic heterocycles. The Morgan fingerprint density at radius 1 is 1.23 bits per heavy atom. The molecular weight excluding hydrogens is 344 g/mol. The van der Waals surface area contributed by atoms with Gasteiger partial charge in [0.1, 0.15) is 9.71 Å². The second kappa shape index (κ2) is 6.72. The van der Waals surface area contributed by atoms with Crippen LogP contribution >= 0.6 is 11.3 Å². The van der Waals surface area contributed by atoms with E-state index in [0.29, 0.717) is 11.4 Å². The second-order valence-corrected chi connectivity index (χ2v) is 7.17. The molecule has 26 heavy (non-hydrogen) atoms. The zero-order valence-corrected chi connectivity index (χ0v) is 15.4. The predicted molar refractivity (Wildman–Crippen MR) is 104 cm³/mol. The lowest BCUT2D eigenvalue weighted by molar-refractivity contribution is 0.0955. The van der Waals surface area contributed by atoms with Gasteiger partial charge in [0.2, 0.25) is 0 Å². The third-order valence-electron chi connectivity index (χ3n) is 4.21. The maximum atomic E-state index is 12.9. The number of pyridine rings is 2. The van der Waals surface area contributed by atoms with Crippen molar-refractivity contribution in [2.75, 3.05) is 0 Å². The van der Waals surface area contributed by atoms with Gasteiger partial charge in [-0.1, -0.05) is 6.07 Å². The van der Waals surface area contributed by atoms with Crippen LogP contribution in [0.2, 0.25) is 0 Å². The standard InChI is InChI=1S/C20H18N4OS/c1-13-10-14(2)23-20-16(13)17(24-8-3-4-9-24)18(26-20)19(25)22-12-15-6-5-7-21-11-15/h3-11H,12H2,1-2H3,(H,22,25). The van der Waals surface area contributed by atoms with Crippen molar-refractivity contribution in [3.05, 3.63) is 76.8 Å². The third-order valence-corrected chi connectivity index (χ3v) is 5.28. The van der Waals surface area contributed by atoms with Crippen LogP contribution < -0.4 is 5.32 Å². The minimum atomic E-state index is -0.0994. The number of nitrogens with zero attached hydrogens (tertiary/aromatic N) is 3. The number of amides is 1. The molecule has 1 N–H and O–H groups in total. The predicted octanol–water partition coefficient (Wildman–Crippen LogP) is 4.03. The van der Waals surface area contributed by atoms with E-state index in [-0.39, 0.29) is 5.91 Å². The van der Waals surface area contributed by atoms with E-state index in [1.165, 1.54) is 11.3 Å². The van der Waals surface area contributed by atoms with E-state index in [4.69, 9.17) is 0 Å². The fourth-order valence-electron chi connectivity index (χ4n) is 3.07. The van der Waals surface area contributed by atoms with E-state index in [0.717, 1.165) is 32.7 Å². The number of carbonyl (C=O) groups excluding carboxylic acids is 1. The van der Waals surface area contributed by atoms with E-state index in [9.17, 15) is 4.79 Å². The zero-order chi connectivity index (χ0) is 18.1. The van der Waals surface area contributed by atoms with Crippen LogP contribution in [-0.4, -0.2) is 20.4 Å². The molecule has 0 bridgehead atoms. The Morgan fingerprint density at radius 2 is 2.04 bits per heavy atom. The number of aryl methyl sites for hydroxylation is 2. The van der Waals surface area contributed by atoms with Crippen molar-refractivity contribution < 1.29 is 4.79 Å². The van der Waals surface area contributed by atoms with E-state index in [1.807, 2.05) is 48.1 Å². The minimum absolute atomic E-state index is 0.0994. The SMILES string of the molecule is Cc1cc(C)c2c(-n3cccc3)c(C(=O)NCc3cccnc3)sc2n1. The van der Waals surface area contributed by atoms with Gasteiger partial charge in [-0.2, -0.15) is 0 Å². The zero-order valence-electron chi connectivity index (χ0n) is 14.6. The molecule has 4 rings (SSSR count).